The van der Waals surface area contributed by atoms with Crippen molar-refractivity contribution in [2.75, 3.05) is 0 Å². The lowest BCUT2D eigenvalue weighted by atomic mass is 10.1. The molecule has 1 N–H and O–H groups in total. The van der Waals surface area contributed by atoms with Crippen LogP contribution in [0.4, 0.5) is 0 Å². The van der Waals surface area contributed by atoms with Crippen LogP contribution in [0.3, 0.4) is 0 Å². The van der Waals surface area contributed by atoms with E-state index in [1.165, 1.54) is 0 Å². The second-order valence-electron chi connectivity index (χ2n) is 6.25. The molecule has 5 nitrogen and oxygen atoms in total. The van der Waals surface area contributed by atoms with Gasteiger partial charge >= 0.3 is 0 Å². The maximum Gasteiger partial charge on any atom is 0.241 e. The fraction of sp³-hybridized carbons (Fsp3) is 0.211. The molecule has 0 fully saturated rings. The van der Waals surface area contributed by atoms with Crippen molar-refractivity contribution in [3.63, 3.8) is 0 Å². The fourth-order valence-electron chi connectivity index (χ4n) is 2.68. The first-order chi connectivity index (χ1) is 12.3. The van der Waals surface area contributed by atoms with E-state index in [1.54, 1.807) is 53.4 Å². The van der Waals surface area contributed by atoms with Crippen molar-refractivity contribution in [1.29, 1.82) is 0 Å². The Morgan fingerprint density at radius 1 is 1.08 bits per heavy atom. The molecule has 0 bridgehead atoms. The Morgan fingerprint density at radius 2 is 1.77 bits per heavy atom. The molecule has 0 amide bonds. The molecule has 1 aromatic heterocycles. The molecule has 0 spiro atoms. The minimum atomic E-state index is -3.74. The van der Waals surface area contributed by atoms with Crippen molar-refractivity contribution >= 4 is 21.6 Å². The number of imidazole rings is 1. The Labute approximate surface area is 158 Å². The maximum atomic E-state index is 13.0. The maximum absolute atomic E-state index is 13.0. The summed E-state index contributed by atoms with van der Waals surface area (Å²) in [5.41, 5.74) is 2.73. The van der Waals surface area contributed by atoms with Gasteiger partial charge in [0.25, 0.3) is 0 Å². The first-order valence-corrected chi connectivity index (χ1v) is 9.96. The van der Waals surface area contributed by atoms with Gasteiger partial charge in [-0.15, -0.1) is 0 Å². The molecule has 0 saturated heterocycles. The van der Waals surface area contributed by atoms with E-state index in [0.717, 1.165) is 16.7 Å². The third-order valence-corrected chi connectivity index (χ3v) is 6.05. The van der Waals surface area contributed by atoms with Gasteiger partial charge in [-0.05, 0) is 54.8 Å². The number of nitrogens with one attached hydrogen (secondary N) is 1. The molecule has 0 aliphatic carbocycles. The molecule has 1 atom stereocenters. The summed E-state index contributed by atoms with van der Waals surface area (Å²) in [5.74, 6) is 0.597. The Kier molecular flexibility index (Phi) is 5.18. The summed E-state index contributed by atoms with van der Waals surface area (Å²) in [4.78, 5) is 4.56. The Hall–Kier alpha value is -2.15. The molecule has 0 radical (unpaired) electrons. The summed E-state index contributed by atoms with van der Waals surface area (Å²) >= 11 is 5.97. The second kappa shape index (κ2) is 7.23. The van der Waals surface area contributed by atoms with Crippen LogP contribution in [0.1, 0.15) is 28.6 Å². The van der Waals surface area contributed by atoms with E-state index in [-0.39, 0.29) is 4.90 Å². The number of hydrogen-bond acceptors (Lipinski definition) is 3. The normalized spacial score (nSPS) is 12.9. The topological polar surface area (TPSA) is 64.0 Å². The predicted octanol–water partition coefficient (Wildman–Crippen LogP) is 3.76. The molecule has 26 heavy (non-hydrogen) atoms. The van der Waals surface area contributed by atoms with E-state index in [0.29, 0.717) is 10.8 Å². The monoisotopic (exact) mass is 389 g/mol. The smallest absolute Gasteiger partial charge is 0.241 e. The average molecular weight is 390 g/mol. The van der Waals surface area contributed by atoms with Crippen LogP contribution in [0.5, 0.6) is 0 Å². The van der Waals surface area contributed by atoms with E-state index < -0.39 is 16.1 Å². The zero-order valence-electron chi connectivity index (χ0n) is 14.8. The molecule has 3 rings (SSSR count). The van der Waals surface area contributed by atoms with Crippen LogP contribution in [0, 0.1) is 13.8 Å². The van der Waals surface area contributed by atoms with Gasteiger partial charge in [-0.2, -0.15) is 4.72 Å². The van der Waals surface area contributed by atoms with Crippen molar-refractivity contribution < 1.29 is 8.42 Å². The van der Waals surface area contributed by atoms with Crippen molar-refractivity contribution in [1.82, 2.24) is 14.3 Å². The number of aryl methyl sites for hydroxylation is 3. The van der Waals surface area contributed by atoms with Gasteiger partial charge in [-0.1, -0.05) is 29.8 Å². The number of hydrogen-bond donors (Lipinski definition) is 1. The predicted molar refractivity (Wildman–Crippen MR) is 103 cm³/mol. The minimum Gasteiger partial charge on any atom is -0.336 e. The number of rotatable bonds is 5. The summed E-state index contributed by atoms with van der Waals surface area (Å²) in [6.45, 7) is 3.84. The molecular formula is C19H20ClN3O2S. The number of aromatic nitrogens is 2. The first kappa shape index (κ1) is 18.6. The zero-order valence-corrected chi connectivity index (χ0v) is 16.3. The van der Waals surface area contributed by atoms with Gasteiger partial charge in [-0.3, -0.25) is 0 Å². The molecule has 136 valence electrons. The van der Waals surface area contributed by atoms with Crippen molar-refractivity contribution in [2.45, 2.75) is 24.8 Å². The van der Waals surface area contributed by atoms with E-state index in [2.05, 4.69) is 9.71 Å². The number of sulfonamides is 1. The van der Waals surface area contributed by atoms with E-state index in [1.807, 2.05) is 27.0 Å². The second-order valence-corrected chi connectivity index (χ2v) is 8.40. The highest BCUT2D eigenvalue weighted by atomic mass is 35.5. The van der Waals surface area contributed by atoms with Crippen LogP contribution in [0.25, 0.3) is 0 Å². The van der Waals surface area contributed by atoms with Crippen LogP contribution in [0.2, 0.25) is 5.02 Å². The molecule has 0 aliphatic heterocycles. The van der Waals surface area contributed by atoms with E-state index in [4.69, 9.17) is 11.6 Å². The molecule has 3 aromatic rings. The van der Waals surface area contributed by atoms with Crippen molar-refractivity contribution in [3.8, 4) is 0 Å². The number of nitrogens with zero attached hydrogens (tertiary/aromatic N) is 2. The van der Waals surface area contributed by atoms with Crippen LogP contribution in [-0.2, 0) is 17.1 Å². The van der Waals surface area contributed by atoms with Crippen LogP contribution >= 0.6 is 11.6 Å². The minimum absolute atomic E-state index is 0.230. The molecule has 7 heteroatoms. The van der Waals surface area contributed by atoms with Crippen LogP contribution in [0.15, 0.2) is 59.8 Å². The standard InChI is InChI=1S/C19H20ClN3O2S/c1-13-4-9-17(12-14(13)2)26(24,25)22-18(19-21-10-11-23(19)3)15-5-7-16(20)8-6-15/h4-12,18,22H,1-3H3. The van der Waals surface area contributed by atoms with Crippen molar-refractivity contribution in [2.24, 2.45) is 7.05 Å². The molecule has 2 aromatic carbocycles. The van der Waals surface area contributed by atoms with E-state index >= 15 is 0 Å². The van der Waals surface area contributed by atoms with Gasteiger partial charge in [0.15, 0.2) is 0 Å². The summed E-state index contributed by atoms with van der Waals surface area (Å²) in [6, 6.07) is 11.5. The third kappa shape index (κ3) is 3.82. The fourth-order valence-corrected chi connectivity index (χ4v) is 4.08. The summed E-state index contributed by atoms with van der Waals surface area (Å²) < 4.78 is 30.5. The lowest BCUT2D eigenvalue weighted by molar-refractivity contribution is 0.562. The van der Waals surface area contributed by atoms with E-state index in [9.17, 15) is 8.42 Å². The highest BCUT2D eigenvalue weighted by Gasteiger charge is 2.26. The Bertz CT molecular complexity index is 1030. The number of halogens is 1. The van der Waals surface area contributed by atoms with Gasteiger partial charge in [0.2, 0.25) is 10.0 Å². The molecular weight excluding hydrogens is 370 g/mol. The first-order valence-electron chi connectivity index (χ1n) is 8.10. The zero-order chi connectivity index (χ0) is 18.9. The Balaban J connectivity index is 2.03. The molecule has 1 unspecified atom stereocenters. The SMILES string of the molecule is Cc1ccc(S(=O)(=O)NC(c2ccc(Cl)cc2)c2nccn2C)cc1C. The van der Waals surface area contributed by atoms with Gasteiger partial charge < -0.3 is 4.57 Å². The highest BCUT2D eigenvalue weighted by Crippen LogP contribution is 2.25. The average Bonchev–Trinajstić information content (AvgIpc) is 3.02. The van der Waals surface area contributed by atoms with Gasteiger partial charge in [0.05, 0.1) is 4.90 Å². The lowest BCUT2D eigenvalue weighted by Gasteiger charge is -2.19. The summed E-state index contributed by atoms with van der Waals surface area (Å²) in [5, 5.41) is 0.587. The molecule has 0 aliphatic rings. The van der Waals surface area contributed by atoms with Crippen LogP contribution < -0.4 is 4.72 Å². The van der Waals surface area contributed by atoms with Crippen LogP contribution in [-0.4, -0.2) is 18.0 Å². The lowest BCUT2D eigenvalue weighted by Crippen LogP contribution is -2.31. The summed E-state index contributed by atoms with van der Waals surface area (Å²) in [6.07, 6.45) is 3.42. The quantitative estimate of drug-likeness (QED) is 0.722. The largest absolute Gasteiger partial charge is 0.336 e. The molecule has 1 heterocycles. The van der Waals surface area contributed by atoms with Crippen molar-refractivity contribution in [3.05, 3.63) is 82.4 Å². The number of benzene rings is 2. The van der Waals surface area contributed by atoms with Gasteiger partial charge in [-0.25, -0.2) is 13.4 Å². The third-order valence-electron chi connectivity index (χ3n) is 4.38. The summed E-state index contributed by atoms with van der Waals surface area (Å²) in [7, 11) is -1.91. The van der Waals surface area contributed by atoms with Gasteiger partial charge in [0.1, 0.15) is 11.9 Å². The highest BCUT2D eigenvalue weighted by molar-refractivity contribution is 7.89. The van der Waals surface area contributed by atoms with Gasteiger partial charge in [0, 0.05) is 24.5 Å². The Morgan fingerprint density at radius 3 is 2.35 bits per heavy atom. The molecule has 0 saturated carbocycles.